The molecule has 2 aromatic heterocycles. The van der Waals surface area contributed by atoms with E-state index >= 15 is 0 Å². The van der Waals surface area contributed by atoms with Gasteiger partial charge in [-0.3, -0.25) is 9.48 Å². The number of benzene rings is 1. The van der Waals surface area contributed by atoms with Gasteiger partial charge >= 0.3 is 0 Å². The van der Waals surface area contributed by atoms with Crippen LogP contribution in [0.15, 0.2) is 35.7 Å². The zero-order valence-corrected chi connectivity index (χ0v) is 12.8. The summed E-state index contributed by atoms with van der Waals surface area (Å²) in [6, 6.07) is 9.84. The van der Waals surface area contributed by atoms with Crippen molar-refractivity contribution < 1.29 is 9.53 Å². The van der Waals surface area contributed by atoms with E-state index in [2.05, 4.69) is 5.10 Å². The molecule has 1 aromatic carbocycles. The number of aromatic nitrogens is 2. The number of ether oxygens (including phenoxy) is 1. The molecule has 3 rings (SSSR count). The van der Waals surface area contributed by atoms with Crippen LogP contribution < -0.4 is 4.74 Å². The monoisotopic (exact) mass is 300 g/mol. The minimum Gasteiger partial charge on any atom is -0.495 e. The molecule has 2 heterocycles. The van der Waals surface area contributed by atoms with Gasteiger partial charge in [-0.1, -0.05) is 18.2 Å². The van der Waals surface area contributed by atoms with Gasteiger partial charge in [0.25, 0.3) is 0 Å². The molecule has 0 fully saturated rings. The zero-order valence-electron chi connectivity index (χ0n) is 12.0. The Morgan fingerprint density at radius 1 is 1.33 bits per heavy atom. The highest BCUT2D eigenvalue weighted by Gasteiger charge is 2.18. The minimum absolute atomic E-state index is 0.0494. The maximum absolute atomic E-state index is 12.5. The Kier molecular flexibility index (Phi) is 3.75. The van der Waals surface area contributed by atoms with Crippen LogP contribution in [0.1, 0.15) is 22.3 Å². The first kappa shape index (κ1) is 13.8. The number of hydrogen-bond acceptors (Lipinski definition) is 4. The lowest BCUT2D eigenvalue weighted by Crippen LogP contribution is -2.05. The van der Waals surface area contributed by atoms with Gasteiger partial charge in [0, 0.05) is 11.9 Å². The Hall–Kier alpha value is -2.14. The number of thiophene rings is 1. The normalized spacial score (nSPS) is 11.0. The Balaban J connectivity index is 1.97. The summed E-state index contributed by atoms with van der Waals surface area (Å²) in [7, 11) is 1.58. The van der Waals surface area contributed by atoms with Crippen molar-refractivity contribution in [3.05, 3.63) is 46.3 Å². The van der Waals surface area contributed by atoms with Crippen molar-refractivity contribution >= 4 is 28.0 Å². The Labute approximate surface area is 127 Å². The van der Waals surface area contributed by atoms with Crippen molar-refractivity contribution in [3.8, 4) is 5.75 Å². The number of ketones is 1. The van der Waals surface area contributed by atoms with Crippen molar-refractivity contribution in [2.24, 2.45) is 0 Å². The van der Waals surface area contributed by atoms with Crippen LogP contribution in [0, 0.1) is 0 Å². The highest BCUT2D eigenvalue weighted by Crippen LogP contribution is 2.27. The fourth-order valence-corrected chi connectivity index (χ4v) is 3.26. The van der Waals surface area contributed by atoms with Crippen LogP contribution in [-0.2, 0) is 13.0 Å². The van der Waals surface area contributed by atoms with Gasteiger partial charge in [-0.25, -0.2) is 0 Å². The SMILES string of the molecule is CCn1nc(CC(=O)c2sccc2OC)c2ccccc21. The van der Waals surface area contributed by atoms with Gasteiger partial charge in [-0.15, -0.1) is 11.3 Å². The summed E-state index contributed by atoms with van der Waals surface area (Å²) in [6.45, 7) is 2.84. The molecule has 5 heteroatoms. The maximum atomic E-state index is 12.5. The second kappa shape index (κ2) is 5.69. The molecule has 21 heavy (non-hydrogen) atoms. The quantitative estimate of drug-likeness (QED) is 0.677. The molecule has 0 N–H and O–H groups in total. The van der Waals surface area contributed by atoms with E-state index in [0.717, 1.165) is 23.1 Å². The van der Waals surface area contributed by atoms with E-state index < -0.39 is 0 Å². The molecule has 0 aliphatic rings. The second-order valence-electron chi connectivity index (χ2n) is 4.70. The molecular weight excluding hydrogens is 284 g/mol. The number of hydrogen-bond donors (Lipinski definition) is 0. The highest BCUT2D eigenvalue weighted by atomic mass is 32.1. The molecule has 108 valence electrons. The number of carbonyl (C=O) groups excluding carboxylic acids is 1. The maximum Gasteiger partial charge on any atom is 0.182 e. The van der Waals surface area contributed by atoms with Gasteiger partial charge in [0.1, 0.15) is 10.6 Å². The van der Waals surface area contributed by atoms with Crippen molar-refractivity contribution in [2.75, 3.05) is 7.11 Å². The minimum atomic E-state index is 0.0494. The van der Waals surface area contributed by atoms with Crippen LogP contribution in [-0.4, -0.2) is 22.7 Å². The Morgan fingerprint density at radius 3 is 2.90 bits per heavy atom. The third kappa shape index (κ3) is 2.45. The van der Waals surface area contributed by atoms with Gasteiger partial charge in [-0.05, 0) is 24.4 Å². The van der Waals surface area contributed by atoms with Crippen LogP contribution >= 0.6 is 11.3 Å². The Morgan fingerprint density at radius 2 is 2.14 bits per heavy atom. The smallest absolute Gasteiger partial charge is 0.182 e. The topological polar surface area (TPSA) is 44.1 Å². The lowest BCUT2D eigenvalue weighted by molar-refractivity contribution is 0.0993. The summed E-state index contributed by atoms with van der Waals surface area (Å²) in [5.41, 5.74) is 1.90. The van der Waals surface area contributed by atoms with E-state index in [1.807, 2.05) is 47.3 Å². The van der Waals surface area contributed by atoms with Gasteiger partial charge < -0.3 is 4.74 Å². The number of fused-ring (bicyclic) bond motifs is 1. The largest absolute Gasteiger partial charge is 0.495 e. The van der Waals surface area contributed by atoms with Crippen LogP contribution in [0.5, 0.6) is 5.75 Å². The molecule has 0 aliphatic heterocycles. The third-order valence-corrected chi connectivity index (χ3v) is 4.40. The first-order valence-electron chi connectivity index (χ1n) is 6.83. The van der Waals surface area contributed by atoms with Crippen LogP contribution in [0.4, 0.5) is 0 Å². The predicted octanol–water partition coefficient (Wildman–Crippen LogP) is 3.55. The average Bonchev–Trinajstić information content (AvgIpc) is 3.12. The van der Waals surface area contributed by atoms with Gasteiger partial charge in [0.15, 0.2) is 5.78 Å². The molecule has 0 amide bonds. The van der Waals surface area contributed by atoms with Gasteiger partial charge in [0.05, 0.1) is 24.7 Å². The number of methoxy groups -OCH3 is 1. The number of carbonyl (C=O) groups is 1. The number of rotatable bonds is 5. The highest BCUT2D eigenvalue weighted by molar-refractivity contribution is 7.12. The van der Waals surface area contributed by atoms with Crippen molar-refractivity contribution in [1.82, 2.24) is 9.78 Å². The molecule has 0 unspecified atom stereocenters. The molecule has 0 saturated heterocycles. The molecular formula is C16H16N2O2S. The summed E-state index contributed by atoms with van der Waals surface area (Å²) in [5, 5.41) is 7.49. The number of para-hydroxylation sites is 1. The molecule has 0 saturated carbocycles. The first-order chi connectivity index (χ1) is 10.2. The lowest BCUT2D eigenvalue weighted by Gasteiger charge is -2.00. The molecule has 3 aromatic rings. The standard InChI is InChI=1S/C16H16N2O2S/c1-3-18-13-7-5-4-6-11(13)12(17-18)10-14(19)16-15(20-2)8-9-21-16/h4-9H,3,10H2,1-2H3. The van der Waals surface area contributed by atoms with Gasteiger partial charge in [-0.2, -0.15) is 5.10 Å². The summed E-state index contributed by atoms with van der Waals surface area (Å²) < 4.78 is 7.16. The molecule has 4 nitrogen and oxygen atoms in total. The Bertz CT molecular complexity index is 789. The summed E-state index contributed by atoms with van der Waals surface area (Å²) in [6.07, 6.45) is 0.296. The molecule has 0 aliphatic carbocycles. The number of aryl methyl sites for hydroxylation is 1. The summed E-state index contributed by atoms with van der Waals surface area (Å²) >= 11 is 1.41. The lowest BCUT2D eigenvalue weighted by atomic mass is 10.1. The fraction of sp³-hybridized carbons (Fsp3) is 0.250. The van der Waals surface area contributed by atoms with Crippen molar-refractivity contribution in [3.63, 3.8) is 0 Å². The van der Waals surface area contributed by atoms with Gasteiger partial charge in [0.2, 0.25) is 0 Å². The number of Topliss-reactive ketones (excluding diaryl/α,β-unsaturated/α-hetero) is 1. The molecule has 0 bridgehead atoms. The van der Waals surface area contributed by atoms with Crippen LogP contribution in [0.3, 0.4) is 0 Å². The number of nitrogens with zero attached hydrogens (tertiary/aromatic N) is 2. The van der Waals surface area contributed by atoms with E-state index in [9.17, 15) is 4.79 Å². The average molecular weight is 300 g/mol. The molecule has 0 atom stereocenters. The third-order valence-electron chi connectivity index (χ3n) is 3.46. The van der Waals surface area contributed by atoms with Crippen molar-refractivity contribution in [1.29, 1.82) is 0 Å². The molecule has 0 radical (unpaired) electrons. The van der Waals surface area contributed by atoms with E-state index in [1.165, 1.54) is 11.3 Å². The van der Waals surface area contributed by atoms with E-state index in [0.29, 0.717) is 17.0 Å². The van der Waals surface area contributed by atoms with Crippen molar-refractivity contribution in [2.45, 2.75) is 19.9 Å². The van der Waals surface area contributed by atoms with E-state index in [4.69, 9.17) is 4.74 Å². The van der Waals surface area contributed by atoms with Crippen LogP contribution in [0.25, 0.3) is 10.9 Å². The fourth-order valence-electron chi connectivity index (χ4n) is 2.46. The zero-order chi connectivity index (χ0) is 14.8. The second-order valence-corrected chi connectivity index (χ2v) is 5.61. The van der Waals surface area contributed by atoms with E-state index in [1.54, 1.807) is 7.11 Å². The summed E-state index contributed by atoms with van der Waals surface area (Å²) in [5.74, 6) is 0.692. The summed E-state index contributed by atoms with van der Waals surface area (Å²) in [4.78, 5) is 13.1. The van der Waals surface area contributed by atoms with E-state index in [-0.39, 0.29) is 5.78 Å². The first-order valence-corrected chi connectivity index (χ1v) is 7.71. The van der Waals surface area contributed by atoms with Crippen LogP contribution in [0.2, 0.25) is 0 Å². The predicted molar refractivity (Wildman–Crippen MR) is 84.3 cm³/mol. The molecule has 0 spiro atoms.